The third-order valence-corrected chi connectivity index (χ3v) is 2.84. The lowest BCUT2D eigenvalue weighted by atomic mass is 10.0. The van der Waals surface area contributed by atoms with Crippen LogP contribution in [0.3, 0.4) is 0 Å². The first-order chi connectivity index (χ1) is 10.5. The van der Waals surface area contributed by atoms with Crippen LogP contribution in [-0.2, 0) is 4.79 Å². The number of amides is 1. The van der Waals surface area contributed by atoms with E-state index in [0.717, 1.165) is 18.2 Å². The Labute approximate surface area is 126 Å². The summed E-state index contributed by atoms with van der Waals surface area (Å²) in [5.41, 5.74) is 1.62. The molecule has 0 radical (unpaired) electrons. The number of hydrogen-bond acceptors (Lipinski definition) is 2. The quantitative estimate of drug-likeness (QED) is 0.688. The first-order valence-electron chi connectivity index (χ1n) is 6.44. The van der Waals surface area contributed by atoms with Gasteiger partial charge < -0.3 is 5.32 Å². The van der Waals surface area contributed by atoms with Gasteiger partial charge in [-0.3, -0.25) is 4.79 Å². The largest absolute Gasteiger partial charge is 0.326 e. The summed E-state index contributed by atoms with van der Waals surface area (Å²) in [6.45, 7) is 1.40. The van der Waals surface area contributed by atoms with E-state index < -0.39 is 11.6 Å². The van der Waals surface area contributed by atoms with Crippen LogP contribution in [-0.4, -0.2) is 5.91 Å². The summed E-state index contributed by atoms with van der Waals surface area (Å²) < 4.78 is 26.4. The normalized spacial score (nSPS) is 10.9. The van der Waals surface area contributed by atoms with E-state index in [4.69, 9.17) is 0 Å². The Morgan fingerprint density at radius 1 is 1.14 bits per heavy atom. The number of carbonyl (C=O) groups excluding carboxylic acids is 1. The van der Waals surface area contributed by atoms with Gasteiger partial charge in [-0.1, -0.05) is 12.1 Å². The molecule has 5 heteroatoms. The van der Waals surface area contributed by atoms with Crippen molar-refractivity contribution in [3.05, 3.63) is 65.2 Å². The van der Waals surface area contributed by atoms with Gasteiger partial charge in [0, 0.05) is 18.7 Å². The molecular formula is C17H12F2N2O. The highest BCUT2D eigenvalue weighted by atomic mass is 19.1. The molecule has 2 rings (SSSR count). The SMILES string of the molecule is CC(=O)Nc1ccc(/C=C(\C#N)c2cc(F)cc(F)c2)cc1. The zero-order valence-electron chi connectivity index (χ0n) is 11.7. The van der Waals surface area contributed by atoms with Crippen molar-refractivity contribution in [2.75, 3.05) is 5.32 Å². The molecule has 2 aromatic rings. The molecule has 22 heavy (non-hydrogen) atoms. The monoisotopic (exact) mass is 298 g/mol. The van der Waals surface area contributed by atoms with Gasteiger partial charge in [-0.15, -0.1) is 0 Å². The summed E-state index contributed by atoms with van der Waals surface area (Å²) in [7, 11) is 0. The maximum absolute atomic E-state index is 13.2. The molecule has 0 aliphatic rings. The number of nitrogens with zero attached hydrogens (tertiary/aromatic N) is 1. The van der Waals surface area contributed by atoms with Crippen molar-refractivity contribution in [3.8, 4) is 6.07 Å². The summed E-state index contributed by atoms with van der Waals surface area (Å²) in [6.07, 6.45) is 1.52. The van der Waals surface area contributed by atoms with Crippen LogP contribution in [0.1, 0.15) is 18.1 Å². The summed E-state index contributed by atoms with van der Waals surface area (Å²) in [6, 6.07) is 11.6. The Bertz CT molecular complexity index is 754. The van der Waals surface area contributed by atoms with Crippen molar-refractivity contribution in [1.29, 1.82) is 5.26 Å². The molecule has 0 aromatic heterocycles. The molecule has 0 aliphatic heterocycles. The zero-order valence-corrected chi connectivity index (χ0v) is 11.7. The van der Waals surface area contributed by atoms with E-state index in [9.17, 15) is 18.8 Å². The number of rotatable bonds is 3. The molecule has 110 valence electrons. The van der Waals surface area contributed by atoms with Crippen LogP contribution in [0.2, 0.25) is 0 Å². The molecule has 0 unspecified atom stereocenters. The van der Waals surface area contributed by atoms with E-state index in [1.165, 1.54) is 13.0 Å². The van der Waals surface area contributed by atoms with Crippen molar-refractivity contribution in [2.24, 2.45) is 0 Å². The highest BCUT2D eigenvalue weighted by Crippen LogP contribution is 2.21. The van der Waals surface area contributed by atoms with E-state index in [1.54, 1.807) is 24.3 Å². The van der Waals surface area contributed by atoms with Gasteiger partial charge in [0.15, 0.2) is 0 Å². The zero-order chi connectivity index (χ0) is 16.1. The Morgan fingerprint density at radius 3 is 2.23 bits per heavy atom. The smallest absolute Gasteiger partial charge is 0.221 e. The fourth-order valence-corrected chi connectivity index (χ4v) is 1.92. The molecule has 3 nitrogen and oxygen atoms in total. The number of nitrogens with one attached hydrogen (secondary N) is 1. The second-order valence-corrected chi connectivity index (χ2v) is 4.63. The minimum absolute atomic E-state index is 0.144. The fraction of sp³-hybridized carbons (Fsp3) is 0.0588. The molecule has 0 fully saturated rings. The van der Waals surface area contributed by atoms with E-state index in [2.05, 4.69) is 5.32 Å². The van der Waals surface area contributed by atoms with Crippen molar-refractivity contribution in [3.63, 3.8) is 0 Å². The highest BCUT2D eigenvalue weighted by Gasteiger charge is 2.06. The Balaban J connectivity index is 2.32. The van der Waals surface area contributed by atoms with Gasteiger partial charge in [0.25, 0.3) is 0 Å². The second kappa shape index (κ2) is 6.64. The lowest BCUT2D eigenvalue weighted by Gasteiger charge is -2.03. The van der Waals surface area contributed by atoms with Crippen LogP contribution in [0.5, 0.6) is 0 Å². The molecule has 0 saturated carbocycles. The standard InChI is InChI=1S/C17H12F2N2O/c1-11(22)21-17-4-2-12(3-5-17)6-14(10-20)13-7-15(18)9-16(19)8-13/h2-9H,1H3,(H,21,22)/b14-6+. The van der Waals surface area contributed by atoms with Gasteiger partial charge >= 0.3 is 0 Å². The Morgan fingerprint density at radius 2 is 1.73 bits per heavy atom. The maximum Gasteiger partial charge on any atom is 0.221 e. The third-order valence-electron chi connectivity index (χ3n) is 2.84. The van der Waals surface area contributed by atoms with E-state index in [-0.39, 0.29) is 17.0 Å². The van der Waals surface area contributed by atoms with Gasteiger partial charge in [-0.05, 0) is 41.5 Å². The molecule has 2 aromatic carbocycles. The number of benzene rings is 2. The molecule has 1 N–H and O–H groups in total. The summed E-state index contributed by atoms with van der Waals surface area (Å²) >= 11 is 0. The van der Waals surface area contributed by atoms with Gasteiger partial charge in [0.05, 0.1) is 11.6 Å². The molecule has 0 spiro atoms. The lowest BCUT2D eigenvalue weighted by Crippen LogP contribution is -2.05. The van der Waals surface area contributed by atoms with Gasteiger partial charge in [-0.2, -0.15) is 5.26 Å². The molecule has 0 saturated heterocycles. The number of allylic oxidation sites excluding steroid dienone is 1. The number of hydrogen-bond donors (Lipinski definition) is 1. The minimum Gasteiger partial charge on any atom is -0.326 e. The predicted octanol–water partition coefficient (Wildman–Crippen LogP) is 3.99. The molecule has 1 amide bonds. The molecule has 0 atom stereocenters. The molecule has 0 bridgehead atoms. The number of anilines is 1. The number of nitriles is 1. The van der Waals surface area contributed by atoms with Crippen molar-refractivity contribution < 1.29 is 13.6 Å². The van der Waals surface area contributed by atoms with Gasteiger partial charge in [0.1, 0.15) is 11.6 Å². The average Bonchev–Trinajstić information content (AvgIpc) is 2.44. The van der Waals surface area contributed by atoms with Crippen LogP contribution in [0, 0.1) is 23.0 Å². The van der Waals surface area contributed by atoms with E-state index in [0.29, 0.717) is 11.3 Å². The second-order valence-electron chi connectivity index (χ2n) is 4.63. The van der Waals surface area contributed by atoms with Crippen molar-refractivity contribution in [1.82, 2.24) is 0 Å². The van der Waals surface area contributed by atoms with Crippen LogP contribution in [0.15, 0.2) is 42.5 Å². The summed E-state index contributed by atoms with van der Waals surface area (Å²) in [5.74, 6) is -1.66. The first kappa shape index (κ1) is 15.4. The van der Waals surface area contributed by atoms with E-state index >= 15 is 0 Å². The summed E-state index contributed by atoms with van der Waals surface area (Å²) in [5, 5.41) is 11.8. The third kappa shape index (κ3) is 4.00. The first-order valence-corrected chi connectivity index (χ1v) is 6.44. The van der Waals surface area contributed by atoms with Gasteiger partial charge in [-0.25, -0.2) is 8.78 Å². The van der Waals surface area contributed by atoms with Crippen LogP contribution >= 0.6 is 0 Å². The maximum atomic E-state index is 13.2. The van der Waals surface area contributed by atoms with Crippen LogP contribution in [0.4, 0.5) is 14.5 Å². The topological polar surface area (TPSA) is 52.9 Å². The highest BCUT2D eigenvalue weighted by molar-refractivity contribution is 5.91. The average molecular weight is 298 g/mol. The van der Waals surface area contributed by atoms with Crippen LogP contribution < -0.4 is 5.32 Å². The molecular weight excluding hydrogens is 286 g/mol. The molecule has 0 aliphatic carbocycles. The lowest BCUT2D eigenvalue weighted by molar-refractivity contribution is -0.114. The number of halogens is 2. The fourth-order valence-electron chi connectivity index (χ4n) is 1.92. The Hall–Kier alpha value is -3.00. The predicted molar refractivity (Wildman–Crippen MR) is 80.6 cm³/mol. The molecule has 0 heterocycles. The Kier molecular flexibility index (Phi) is 4.64. The van der Waals surface area contributed by atoms with Crippen molar-refractivity contribution in [2.45, 2.75) is 6.92 Å². The van der Waals surface area contributed by atoms with Crippen LogP contribution in [0.25, 0.3) is 11.6 Å². The van der Waals surface area contributed by atoms with Crippen molar-refractivity contribution >= 4 is 23.2 Å². The minimum atomic E-state index is -0.739. The number of carbonyl (C=O) groups is 1. The van der Waals surface area contributed by atoms with E-state index in [1.807, 2.05) is 6.07 Å². The van der Waals surface area contributed by atoms with Gasteiger partial charge in [0.2, 0.25) is 5.91 Å². The summed E-state index contributed by atoms with van der Waals surface area (Å²) in [4.78, 5) is 10.9.